The molecule has 1 aliphatic rings. The molecular formula is C24H23ClN4O3S. The molecule has 0 unspecified atom stereocenters. The highest BCUT2D eigenvalue weighted by Crippen LogP contribution is 2.33. The van der Waals surface area contributed by atoms with E-state index in [9.17, 15) is 9.59 Å². The molecule has 4 heterocycles. The van der Waals surface area contributed by atoms with Crippen LogP contribution >= 0.6 is 22.9 Å². The molecular weight excluding hydrogens is 460 g/mol. The highest BCUT2D eigenvalue weighted by molar-refractivity contribution is 7.20. The zero-order chi connectivity index (χ0) is 23.1. The highest BCUT2D eigenvalue weighted by Gasteiger charge is 2.27. The molecule has 9 heteroatoms. The number of carbonyl (C=O) groups is 2. The molecule has 1 aromatic carbocycles. The first kappa shape index (κ1) is 21.7. The maximum absolute atomic E-state index is 13.2. The first-order valence-electron chi connectivity index (χ1n) is 10.8. The number of amides is 2. The number of aryl methyl sites for hydroxylation is 2. The van der Waals surface area contributed by atoms with Crippen molar-refractivity contribution in [2.45, 2.75) is 32.7 Å². The predicted octanol–water partition coefficient (Wildman–Crippen LogP) is 4.98. The van der Waals surface area contributed by atoms with Gasteiger partial charge in [-0.25, -0.2) is 4.68 Å². The van der Waals surface area contributed by atoms with Crippen LogP contribution in [0.1, 0.15) is 44.3 Å². The fourth-order valence-corrected chi connectivity index (χ4v) is 5.54. The number of fused-ring (bicyclic) bond motifs is 1. The molecule has 3 aromatic heterocycles. The maximum atomic E-state index is 13.2. The second-order valence-corrected chi connectivity index (χ2v) is 9.69. The smallest absolute Gasteiger partial charge is 0.287 e. The topological polar surface area (TPSA) is 80.4 Å². The number of nitrogens with zero attached hydrogens (tertiary/aromatic N) is 3. The maximum Gasteiger partial charge on any atom is 0.287 e. The normalized spacial score (nSPS) is 14.7. The summed E-state index contributed by atoms with van der Waals surface area (Å²) in [5, 5.41) is 9.22. The quantitative estimate of drug-likeness (QED) is 0.444. The fourth-order valence-electron chi connectivity index (χ4n) is 4.18. The van der Waals surface area contributed by atoms with Crippen LogP contribution in [-0.2, 0) is 0 Å². The third kappa shape index (κ3) is 4.05. The number of para-hydroxylation sites is 1. The van der Waals surface area contributed by atoms with Crippen LogP contribution in [0.5, 0.6) is 0 Å². The van der Waals surface area contributed by atoms with Gasteiger partial charge in [0.2, 0.25) is 0 Å². The van der Waals surface area contributed by atoms with Gasteiger partial charge >= 0.3 is 0 Å². The van der Waals surface area contributed by atoms with Crippen molar-refractivity contribution in [3.63, 3.8) is 0 Å². The summed E-state index contributed by atoms with van der Waals surface area (Å²) >= 11 is 7.81. The van der Waals surface area contributed by atoms with Gasteiger partial charge in [0.05, 0.1) is 27.5 Å². The summed E-state index contributed by atoms with van der Waals surface area (Å²) in [4.78, 5) is 29.1. The molecule has 0 atom stereocenters. The van der Waals surface area contributed by atoms with Crippen molar-refractivity contribution in [3.8, 4) is 5.69 Å². The SMILES string of the molecule is Cc1ccoc1C(=O)NC1CCN(C(=O)c2cc3c(C)nn(-c4ccccc4Cl)c3s2)CC1. The number of furan rings is 1. The van der Waals surface area contributed by atoms with E-state index in [-0.39, 0.29) is 17.9 Å². The molecule has 1 saturated heterocycles. The standard InChI is InChI=1S/C24H23ClN4O3S/c1-14-9-12-32-21(14)22(30)26-16-7-10-28(11-8-16)23(31)20-13-17-15(2)27-29(24(17)33-20)19-6-4-3-5-18(19)25/h3-6,9,12-13,16H,7-8,10-11H2,1-2H3,(H,26,30). The Morgan fingerprint density at radius 3 is 2.64 bits per heavy atom. The van der Waals surface area contributed by atoms with Gasteiger partial charge in [-0.05, 0) is 51.0 Å². The van der Waals surface area contributed by atoms with Crippen molar-refractivity contribution < 1.29 is 14.0 Å². The highest BCUT2D eigenvalue weighted by atomic mass is 35.5. The Kier molecular flexibility index (Phi) is 5.72. The second-order valence-electron chi connectivity index (χ2n) is 8.25. The molecule has 0 aliphatic carbocycles. The van der Waals surface area contributed by atoms with Crippen molar-refractivity contribution in [3.05, 3.63) is 69.6 Å². The van der Waals surface area contributed by atoms with Gasteiger partial charge in [-0.1, -0.05) is 23.7 Å². The summed E-state index contributed by atoms with van der Waals surface area (Å²) < 4.78 is 7.09. The van der Waals surface area contributed by atoms with Crippen LogP contribution in [0.15, 0.2) is 47.1 Å². The summed E-state index contributed by atoms with van der Waals surface area (Å²) in [7, 11) is 0. The molecule has 5 rings (SSSR count). The largest absolute Gasteiger partial charge is 0.459 e. The molecule has 170 valence electrons. The minimum absolute atomic E-state index is 0.00737. The van der Waals surface area contributed by atoms with Gasteiger partial charge in [-0.2, -0.15) is 5.10 Å². The van der Waals surface area contributed by atoms with Crippen LogP contribution in [-0.4, -0.2) is 45.6 Å². The van der Waals surface area contributed by atoms with Crippen LogP contribution in [0, 0.1) is 13.8 Å². The van der Waals surface area contributed by atoms with E-state index in [1.54, 1.807) is 6.07 Å². The summed E-state index contributed by atoms with van der Waals surface area (Å²) in [6, 6.07) is 11.3. The molecule has 0 saturated carbocycles. The average Bonchev–Trinajstić information content (AvgIpc) is 3.51. The van der Waals surface area contributed by atoms with Crippen molar-refractivity contribution in [1.29, 1.82) is 0 Å². The molecule has 2 amide bonds. The zero-order valence-corrected chi connectivity index (χ0v) is 19.9. The molecule has 0 radical (unpaired) electrons. The van der Waals surface area contributed by atoms with Crippen molar-refractivity contribution >= 4 is 45.0 Å². The van der Waals surface area contributed by atoms with Gasteiger partial charge < -0.3 is 14.6 Å². The van der Waals surface area contributed by atoms with E-state index in [2.05, 4.69) is 10.4 Å². The van der Waals surface area contributed by atoms with Gasteiger partial charge in [0.25, 0.3) is 11.8 Å². The van der Waals surface area contributed by atoms with Crippen molar-refractivity contribution in [2.75, 3.05) is 13.1 Å². The number of nitrogens with one attached hydrogen (secondary N) is 1. The number of carbonyl (C=O) groups excluding carboxylic acids is 2. The Bertz CT molecular complexity index is 1350. The number of hydrogen-bond donors (Lipinski definition) is 1. The lowest BCUT2D eigenvalue weighted by molar-refractivity contribution is 0.0700. The Hall–Kier alpha value is -3.10. The van der Waals surface area contributed by atoms with E-state index in [1.165, 1.54) is 17.6 Å². The van der Waals surface area contributed by atoms with Crippen LogP contribution in [0.3, 0.4) is 0 Å². The first-order valence-corrected chi connectivity index (χ1v) is 12.0. The third-order valence-electron chi connectivity index (χ3n) is 6.02. The van der Waals surface area contributed by atoms with Gasteiger partial charge in [-0.3, -0.25) is 9.59 Å². The molecule has 0 spiro atoms. The van der Waals surface area contributed by atoms with Gasteiger partial charge in [0, 0.05) is 30.1 Å². The molecule has 33 heavy (non-hydrogen) atoms. The van der Waals surface area contributed by atoms with E-state index in [1.807, 2.05) is 53.8 Å². The average molecular weight is 483 g/mol. The number of benzene rings is 1. The molecule has 7 nitrogen and oxygen atoms in total. The van der Waals surface area contributed by atoms with Crippen LogP contribution < -0.4 is 5.32 Å². The minimum Gasteiger partial charge on any atom is -0.459 e. The lowest BCUT2D eigenvalue weighted by Gasteiger charge is -2.32. The van der Waals surface area contributed by atoms with Gasteiger partial charge in [0.1, 0.15) is 4.83 Å². The van der Waals surface area contributed by atoms with Crippen LogP contribution in [0.4, 0.5) is 0 Å². The number of thiophene rings is 1. The number of hydrogen-bond acceptors (Lipinski definition) is 5. The predicted molar refractivity (Wildman–Crippen MR) is 129 cm³/mol. The number of piperidine rings is 1. The molecule has 1 fully saturated rings. The monoisotopic (exact) mass is 482 g/mol. The molecule has 1 aliphatic heterocycles. The summed E-state index contributed by atoms with van der Waals surface area (Å²) in [6.45, 7) is 4.96. The first-order chi connectivity index (χ1) is 15.9. The van der Waals surface area contributed by atoms with E-state index in [0.717, 1.165) is 27.2 Å². The zero-order valence-electron chi connectivity index (χ0n) is 18.3. The number of rotatable bonds is 4. The Morgan fingerprint density at radius 2 is 1.94 bits per heavy atom. The summed E-state index contributed by atoms with van der Waals surface area (Å²) in [5.74, 6) is 0.154. The third-order valence-corrected chi connectivity index (χ3v) is 7.44. The fraction of sp³-hybridized carbons (Fsp3) is 0.292. The van der Waals surface area contributed by atoms with E-state index < -0.39 is 0 Å². The summed E-state index contributed by atoms with van der Waals surface area (Å²) in [6.07, 6.45) is 2.92. The second kappa shape index (κ2) is 8.68. The number of halogens is 1. The lowest BCUT2D eigenvalue weighted by atomic mass is 10.0. The molecule has 0 bridgehead atoms. The molecule has 4 aromatic rings. The summed E-state index contributed by atoms with van der Waals surface area (Å²) in [5.41, 5.74) is 2.46. The van der Waals surface area contributed by atoms with Crippen molar-refractivity contribution in [1.82, 2.24) is 20.0 Å². The lowest BCUT2D eigenvalue weighted by Crippen LogP contribution is -2.46. The molecule has 1 N–H and O–H groups in total. The van der Waals surface area contributed by atoms with E-state index in [0.29, 0.717) is 41.6 Å². The van der Waals surface area contributed by atoms with E-state index >= 15 is 0 Å². The van der Waals surface area contributed by atoms with Gasteiger partial charge in [0.15, 0.2) is 5.76 Å². The van der Waals surface area contributed by atoms with Crippen LogP contribution in [0.2, 0.25) is 5.02 Å². The van der Waals surface area contributed by atoms with E-state index in [4.69, 9.17) is 16.0 Å². The number of likely N-dealkylation sites (tertiary alicyclic amines) is 1. The van der Waals surface area contributed by atoms with Crippen LogP contribution in [0.25, 0.3) is 15.9 Å². The van der Waals surface area contributed by atoms with Gasteiger partial charge in [-0.15, -0.1) is 11.3 Å². The Balaban J connectivity index is 1.29. The minimum atomic E-state index is -0.202. The van der Waals surface area contributed by atoms with Crippen molar-refractivity contribution in [2.24, 2.45) is 0 Å². The Morgan fingerprint density at radius 1 is 1.18 bits per heavy atom. The number of aromatic nitrogens is 2. The Labute approximate surface area is 199 Å².